The molecule has 0 aromatic carbocycles. The molecule has 2 N–H and O–H groups in total. The summed E-state index contributed by atoms with van der Waals surface area (Å²) < 4.78 is 0. The summed E-state index contributed by atoms with van der Waals surface area (Å²) in [6.07, 6.45) is 7.94. The monoisotopic (exact) mass is 449 g/mol. The molecule has 0 aromatic heterocycles. The number of guanidine groups is 1. The van der Waals surface area contributed by atoms with Crippen LogP contribution >= 0.6 is 24.0 Å². The number of nitrogens with zero attached hydrogens (tertiary/aromatic N) is 3. The molecule has 140 valence electrons. The summed E-state index contributed by atoms with van der Waals surface area (Å²) in [6, 6.07) is 1.51. The van der Waals surface area contributed by atoms with Crippen molar-refractivity contribution in [2.45, 2.75) is 57.5 Å². The Morgan fingerprint density at radius 2 is 1.83 bits per heavy atom. The number of likely N-dealkylation sites (tertiary alicyclic amines) is 2. The first kappa shape index (κ1) is 20.2. The highest BCUT2D eigenvalue weighted by molar-refractivity contribution is 14.0. The first-order valence-corrected chi connectivity index (χ1v) is 9.72. The summed E-state index contributed by atoms with van der Waals surface area (Å²) in [4.78, 5) is 9.70. The molecular weight excluding hydrogens is 413 g/mol. The zero-order valence-corrected chi connectivity index (χ0v) is 17.8. The fraction of sp³-hybridized carbons (Fsp3) is 0.944. The molecule has 5 nitrogen and oxygen atoms in total. The zero-order chi connectivity index (χ0) is 16.1. The van der Waals surface area contributed by atoms with Gasteiger partial charge in [-0.2, -0.15) is 0 Å². The van der Waals surface area contributed by atoms with Crippen molar-refractivity contribution in [3.63, 3.8) is 0 Å². The van der Waals surface area contributed by atoms with Gasteiger partial charge in [-0.3, -0.25) is 4.99 Å². The molecule has 0 spiro atoms. The number of halogens is 1. The van der Waals surface area contributed by atoms with Gasteiger partial charge in [0.25, 0.3) is 0 Å². The Kier molecular flexibility index (Phi) is 8.57. The highest BCUT2D eigenvalue weighted by atomic mass is 127. The summed E-state index contributed by atoms with van der Waals surface area (Å²) in [5.74, 6) is 1.80. The van der Waals surface area contributed by atoms with Gasteiger partial charge in [0, 0.05) is 45.3 Å². The van der Waals surface area contributed by atoms with E-state index in [9.17, 15) is 0 Å². The Balaban J connectivity index is 0.00000208. The third kappa shape index (κ3) is 6.02. The Morgan fingerprint density at radius 1 is 1.08 bits per heavy atom. The molecule has 6 heteroatoms. The molecule has 2 aliphatic heterocycles. The average molecular weight is 449 g/mol. The predicted molar refractivity (Wildman–Crippen MR) is 112 cm³/mol. The lowest BCUT2D eigenvalue weighted by Crippen LogP contribution is -2.49. The van der Waals surface area contributed by atoms with Gasteiger partial charge in [0.15, 0.2) is 5.96 Å². The summed E-state index contributed by atoms with van der Waals surface area (Å²) >= 11 is 0. The SMILES string of the molecule is CCCN1CCC(NC(=NC)NCC2CCN(C3CC3)C2)CC1.I. The van der Waals surface area contributed by atoms with E-state index in [1.807, 2.05) is 7.05 Å². The summed E-state index contributed by atoms with van der Waals surface area (Å²) in [6.45, 7) is 9.62. The van der Waals surface area contributed by atoms with Gasteiger partial charge in [0.2, 0.25) is 0 Å². The fourth-order valence-corrected chi connectivity index (χ4v) is 4.05. The maximum atomic E-state index is 4.43. The summed E-state index contributed by atoms with van der Waals surface area (Å²) in [7, 11) is 1.90. The van der Waals surface area contributed by atoms with Crippen molar-refractivity contribution < 1.29 is 0 Å². The standard InChI is InChI=1S/C18H35N5.HI/c1-3-9-22-10-7-16(8-11-22)21-18(19-2)20-13-15-6-12-23(14-15)17-4-5-17;/h15-17H,3-14H2,1-2H3,(H2,19,20,21);1H. The van der Waals surface area contributed by atoms with Gasteiger partial charge < -0.3 is 20.4 Å². The van der Waals surface area contributed by atoms with Gasteiger partial charge in [-0.05, 0) is 57.5 Å². The Bertz CT molecular complexity index is 391. The minimum Gasteiger partial charge on any atom is -0.356 e. The average Bonchev–Trinajstić information content (AvgIpc) is 3.32. The van der Waals surface area contributed by atoms with Crippen LogP contribution in [0.3, 0.4) is 0 Å². The first-order chi connectivity index (χ1) is 11.3. The van der Waals surface area contributed by atoms with E-state index in [0.717, 1.165) is 24.5 Å². The lowest BCUT2D eigenvalue weighted by Gasteiger charge is -2.33. The highest BCUT2D eigenvalue weighted by Crippen LogP contribution is 2.31. The van der Waals surface area contributed by atoms with Crippen LogP contribution in [0.2, 0.25) is 0 Å². The molecule has 1 unspecified atom stereocenters. The van der Waals surface area contributed by atoms with Crippen LogP contribution in [0.15, 0.2) is 4.99 Å². The third-order valence-corrected chi connectivity index (χ3v) is 5.63. The molecule has 2 heterocycles. The van der Waals surface area contributed by atoms with Crippen LogP contribution in [0.4, 0.5) is 0 Å². The predicted octanol–water partition coefficient (Wildman–Crippen LogP) is 2.13. The van der Waals surface area contributed by atoms with Crippen molar-refractivity contribution in [2.24, 2.45) is 10.9 Å². The minimum atomic E-state index is 0. The van der Waals surface area contributed by atoms with E-state index in [1.165, 1.54) is 71.2 Å². The van der Waals surface area contributed by atoms with Crippen molar-refractivity contribution in [2.75, 3.05) is 46.3 Å². The van der Waals surface area contributed by atoms with E-state index in [2.05, 4.69) is 32.3 Å². The topological polar surface area (TPSA) is 42.9 Å². The maximum absolute atomic E-state index is 4.43. The Morgan fingerprint density at radius 3 is 2.46 bits per heavy atom. The second kappa shape index (κ2) is 10.2. The molecule has 2 saturated heterocycles. The normalized spacial score (nSPS) is 27.1. The first-order valence-electron chi connectivity index (χ1n) is 9.72. The molecule has 0 amide bonds. The van der Waals surface area contributed by atoms with E-state index < -0.39 is 0 Å². The van der Waals surface area contributed by atoms with Gasteiger partial charge in [-0.1, -0.05) is 6.92 Å². The molecule has 0 radical (unpaired) electrons. The van der Waals surface area contributed by atoms with Crippen molar-refractivity contribution in [3.8, 4) is 0 Å². The van der Waals surface area contributed by atoms with Crippen LogP contribution in [0.1, 0.15) is 45.4 Å². The lowest BCUT2D eigenvalue weighted by molar-refractivity contribution is 0.206. The number of aliphatic imine (C=N–C) groups is 1. The number of hydrogen-bond acceptors (Lipinski definition) is 3. The van der Waals surface area contributed by atoms with E-state index in [0.29, 0.717) is 6.04 Å². The van der Waals surface area contributed by atoms with Crippen molar-refractivity contribution in [3.05, 3.63) is 0 Å². The second-order valence-corrected chi connectivity index (χ2v) is 7.59. The molecule has 1 aliphatic carbocycles. The molecule has 3 rings (SSSR count). The summed E-state index contributed by atoms with van der Waals surface area (Å²) in [5.41, 5.74) is 0. The van der Waals surface area contributed by atoms with Crippen LogP contribution < -0.4 is 10.6 Å². The van der Waals surface area contributed by atoms with E-state index in [1.54, 1.807) is 0 Å². The van der Waals surface area contributed by atoms with Crippen LogP contribution in [-0.2, 0) is 0 Å². The Hall–Kier alpha value is -0.0800. The van der Waals surface area contributed by atoms with Gasteiger partial charge in [-0.15, -0.1) is 24.0 Å². The number of nitrogens with one attached hydrogen (secondary N) is 2. The largest absolute Gasteiger partial charge is 0.356 e. The number of piperidine rings is 1. The Labute approximate surface area is 165 Å². The van der Waals surface area contributed by atoms with Crippen molar-refractivity contribution in [1.82, 2.24) is 20.4 Å². The second-order valence-electron chi connectivity index (χ2n) is 7.59. The highest BCUT2D eigenvalue weighted by Gasteiger charge is 2.34. The summed E-state index contributed by atoms with van der Waals surface area (Å²) in [5, 5.41) is 7.21. The van der Waals surface area contributed by atoms with Gasteiger partial charge in [0.1, 0.15) is 0 Å². The zero-order valence-electron chi connectivity index (χ0n) is 15.5. The van der Waals surface area contributed by atoms with Gasteiger partial charge in [-0.25, -0.2) is 0 Å². The molecule has 1 atom stereocenters. The van der Waals surface area contributed by atoms with Gasteiger partial charge in [0.05, 0.1) is 0 Å². The maximum Gasteiger partial charge on any atom is 0.191 e. The van der Waals surface area contributed by atoms with Gasteiger partial charge >= 0.3 is 0 Å². The molecule has 24 heavy (non-hydrogen) atoms. The molecule has 0 aromatic rings. The smallest absolute Gasteiger partial charge is 0.191 e. The number of rotatable bonds is 6. The molecule has 3 aliphatic rings. The van der Waals surface area contributed by atoms with Crippen LogP contribution in [0, 0.1) is 5.92 Å². The minimum absolute atomic E-state index is 0. The molecule has 3 fully saturated rings. The third-order valence-electron chi connectivity index (χ3n) is 5.63. The fourth-order valence-electron chi connectivity index (χ4n) is 4.05. The van der Waals surface area contributed by atoms with Crippen LogP contribution in [-0.4, -0.2) is 74.2 Å². The lowest BCUT2D eigenvalue weighted by atomic mass is 10.1. The van der Waals surface area contributed by atoms with Crippen LogP contribution in [0.5, 0.6) is 0 Å². The number of hydrogen-bond donors (Lipinski definition) is 2. The van der Waals surface area contributed by atoms with Crippen LogP contribution in [0.25, 0.3) is 0 Å². The van der Waals surface area contributed by atoms with E-state index >= 15 is 0 Å². The molecule has 0 bridgehead atoms. The van der Waals surface area contributed by atoms with Crippen molar-refractivity contribution >= 4 is 29.9 Å². The van der Waals surface area contributed by atoms with E-state index in [-0.39, 0.29) is 24.0 Å². The molecule has 1 saturated carbocycles. The molecular formula is C18H36IN5. The van der Waals surface area contributed by atoms with Crippen molar-refractivity contribution in [1.29, 1.82) is 0 Å². The quantitative estimate of drug-likeness (QED) is 0.371. The van der Waals surface area contributed by atoms with E-state index in [4.69, 9.17) is 0 Å².